The van der Waals surface area contributed by atoms with Gasteiger partial charge in [0.1, 0.15) is 5.60 Å². The maximum absolute atomic E-state index is 12.3. The number of nitrogens with one attached hydrogen (secondary N) is 2. The van der Waals surface area contributed by atoms with E-state index in [-0.39, 0.29) is 18.4 Å². The van der Waals surface area contributed by atoms with Crippen LogP contribution in [0.3, 0.4) is 0 Å². The van der Waals surface area contributed by atoms with Gasteiger partial charge < -0.3 is 15.4 Å². The first-order valence-electron chi connectivity index (χ1n) is 9.20. The molecule has 1 fully saturated rings. The van der Waals surface area contributed by atoms with Crippen molar-refractivity contribution in [3.05, 3.63) is 29.8 Å². The average Bonchev–Trinajstić information content (AvgIpc) is 2.58. The Balaban J connectivity index is 1.85. The van der Waals surface area contributed by atoms with Crippen LogP contribution >= 0.6 is 0 Å². The summed E-state index contributed by atoms with van der Waals surface area (Å²) in [6.07, 6.45) is 4.96. The van der Waals surface area contributed by atoms with E-state index in [1.165, 1.54) is 6.42 Å². The molecular formula is C21H28N2O3. The molecule has 0 saturated heterocycles. The number of ether oxygens (including phenoxy) is 1. The Kier molecular flexibility index (Phi) is 7.08. The summed E-state index contributed by atoms with van der Waals surface area (Å²) >= 11 is 0. The van der Waals surface area contributed by atoms with Gasteiger partial charge in [-0.1, -0.05) is 37.2 Å². The number of amides is 2. The second-order valence-electron chi connectivity index (χ2n) is 7.56. The van der Waals surface area contributed by atoms with Gasteiger partial charge in [-0.3, -0.25) is 4.79 Å². The SMILES string of the molecule is CC(C)(C)OC(=O)NCC#Cc1cccc(NC(=O)C2CCCCC2)c1. The van der Waals surface area contributed by atoms with Crippen LogP contribution in [0.25, 0.3) is 0 Å². The molecule has 1 aliphatic rings. The number of hydrogen-bond donors (Lipinski definition) is 2. The van der Waals surface area contributed by atoms with Crippen molar-refractivity contribution in [1.29, 1.82) is 0 Å². The number of carbonyl (C=O) groups is 2. The zero-order chi connectivity index (χ0) is 19.0. The summed E-state index contributed by atoms with van der Waals surface area (Å²) in [6, 6.07) is 7.45. The molecule has 1 aromatic rings. The van der Waals surface area contributed by atoms with E-state index in [1.807, 2.05) is 45.0 Å². The summed E-state index contributed by atoms with van der Waals surface area (Å²) in [5, 5.41) is 5.58. The predicted octanol–water partition coefficient (Wildman–Crippen LogP) is 4.08. The molecule has 1 aliphatic carbocycles. The van der Waals surface area contributed by atoms with Gasteiger partial charge in [0.15, 0.2) is 0 Å². The highest BCUT2D eigenvalue weighted by Crippen LogP contribution is 2.25. The molecule has 0 bridgehead atoms. The Labute approximate surface area is 155 Å². The van der Waals surface area contributed by atoms with E-state index < -0.39 is 11.7 Å². The first-order valence-corrected chi connectivity index (χ1v) is 9.20. The van der Waals surface area contributed by atoms with Gasteiger partial charge in [0.25, 0.3) is 0 Å². The summed E-state index contributed by atoms with van der Waals surface area (Å²) in [5.41, 5.74) is 1.02. The Hall–Kier alpha value is -2.48. The topological polar surface area (TPSA) is 67.4 Å². The number of hydrogen-bond acceptors (Lipinski definition) is 3. The molecule has 5 nitrogen and oxygen atoms in total. The zero-order valence-corrected chi connectivity index (χ0v) is 15.9. The summed E-state index contributed by atoms with van der Waals surface area (Å²) in [7, 11) is 0. The molecule has 0 spiro atoms. The van der Waals surface area contributed by atoms with E-state index in [4.69, 9.17) is 4.74 Å². The third kappa shape index (κ3) is 7.18. The van der Waals surface area contributed by atoms with Crippen molar-refractivity contribution in [2.75, 3.05) is 11.9 Å². The maximum Gasteiger partial charge on any atom is 0.408 e. The minimum atomic E-state index is -0.525. The fraction of sp³-hybridized carbons (Fsp3) is 0.524. The first-order chi connectivity index (χ1) is 12.3. The Bertz CT molecular complexity index is 689. The maximum atomic E-state index is 12.3. The molecule has 0 aromatic heterocycles. The van der Waals surface area contributed by atoms with Crippen LogP contribution in [0, 0.1) is 17.8 Å². The molecule has 0 aliphatic heterocycles. The van der Waals surface area contributed by atoms with Crippen molar-refractivity contribution < 1.29 is 14.3 Å². The van der Waals surface area contributed by atoms with Crippen molar-refractivity contribution in [2.45, 2.75) is 58.5 Å². The van der Waals surface area contributed by atoms with E-state index in [1.54, 1.807) is 0 Å². The summed E-state index contributed by atoms with van der Waals surface area (Å²) in [4.78, 5) is 23.9. The third-order valence-electron chi connectivity index (χ3n) is 4.06. The molecular weight excluding hydrogens is 328 g/mol. The number of rotatable bonds is 3. The molecule has 2 rings (SSSR count). The van der Waals surface area contributed by atoms with E-state index in [9.17, 15) is 9.59 Å². The number of anilines is 1. The van der Waals surface area contributed by atoms with Crippen molar-refractivity contribution in [3.63, 3.8) is 0 Å². The van der Waals surface area contributed by atoms with Crippen LogP contribution in [0.1, 0.15) is 58.4 Å². The average molecular weight is 356 g/mol. The molecule has 0 atom stereocenters. The van der Waals surface area contributed by atoms with E-state index >= 15 is 0 Å². The molecule has 2 N–H and O–H groups in total. The fourth-order valence-corrected chi connectivity index (χ4v) is 2.86. The van der Waals surface area contributed by atoms with Crippen LogP contribution < -0.4 is 10.6 Å². The van der Waals surface area contributed by atoms with Crippen LogP contribution in [0.4, 0.5) is 10.5 Å². The van der Waals surface area contributed by atoms with E-state index in [2.05, 4.69) is 22.5 Å². The normalized spacial score (nSPS) is 14.7. The van der Waals surface area contributed by atoms with Crippen LogP contribution in [-0.4, -0.2) is 24.1 Å². The van der Waals surface area contributed by atoms with Gasteiger partial charge in [-0.05, 0) is 51.8 Å². The van der Waals surface area contributed by atoms with Gasteiger partial charge in [0.2, 0.25) is 5.91 Å². The highest BCUT2D eigenvalue weighted by Gasteiger charge is 2.21. The number of alkyl carbamates (subject to hydrolysis) is 1. The Morgan fingerprint density at radius 3 is 2.62 bits per heavy atom. The van der Waals surface area contributed by atoms with Gasteiger partial charge in [-0.2, -0.15) is 0 Å². The molecule has 0 radical (unpaired) electrons. The second-order valence-corrected chi connectivity index (χ2v) is 7.56. The molecule has 2 amide bonds. The molecule has 0 unspecified atom stereocenters. The van der Waals surface area contributed by atoms with Crippen molar-refractivity contribution in [2.24, 2.45) is 5.92 Å². The van der Waals surface area contributed by atoms with Gasteiger partial charge in [0.05, 0.1) is 6.54 Å². The third-order valence-corrected chi connectivity index (χ3v) is 4.06. The van der Waals surface area contributed by atoms with Crippen molar-refractivity contribution >= 4 is 17.7 Å². The minimum absolute atomic E-state index is 0.0985. The predicted molar refractivity (Wildman–Crippen MR) is 103 cm³/mol. The Morgan fingerprint density at radius 1 is 1.19 bits per heavy atom. The molecule has 140 valence electrons. The molecule has 5 heteroatoms. The quantitative estimate of drug-likeness (QED) is 0.802. The van der Waals surface area contributed by atoms with E-state index in [0.717, 1.165) is 36.9 Å². The van der Waals surface area contributed by atoms with Gasteiger partial charge in [-0.25, -0.2) is 4.79 Å². The molecule has 0 heterocycles. The fourth-order valence-electron chi connectivity index (χ4n) is 2.86. The molecule has 1 aromatic carbocycles. The number of benzene rings is 1. The summed E-state index contributed by atoms with van der Waals surface area (Å²) in [6.45, 7) is 5.63. The zero-order valence-electron chi connectivity index (χ0n) is 15.9. The van der Waals surface area contributed by atoms with Crippen LogP contribution in [-0.2, 0) is 9.53 Å². The smallest absolute Gasteiger partial charge is 0.408 e. The first kappa shape index (κ1) is 19.8. The summed E-state index contributed by atoms with van der Waals surface area (Å²) < 4.78 is 5.15. The highest BCUT2D eigenvalue weighted by molar-refractivity contribution is 5.92. The lowest BCUT2D eigenvalue weighted by Crippen LogP contribution is -2.32. The van der Waals surface area contributed by atoms with Crippen molar-refractivity contribution in [1.82, 2.24) is 5.32 Å². The van der Waals surface area contributed by atoms with Crippen molar-refractivity contribution in [3.8, 4) is 11.8 Å². The molecule has 1 saturated carbocycles. The minimum Gasteiger partial charge on any atom is -0.444 e. The summed E-state index contributed by atoms with van der Waals surface area (Å²) in [5.74, 6) is 6.09. The van der Waals surface area contributed by atoms with Crippen LogP contribution in [0.5, 0.6) is 0 Å². The highest BCUT2D eigenvalue weighted by atomic mass is 16.6. The van der Waals surface area contributed by atoms with E-state index in [0.29, 0.717) is 0 Å². The van der Waals surface area contributed by atoms with Crippen LogP contribution in [0.2, 0.25) is 0 Å². The standard InChI is InChI=1S/C21H28N2O3/c1-21(2,3)26-20(25)22-14-8-10-16-9-7-13-18(15-16)23-19(24)17-11-5-4-6-12-17/h7,9,13,15,17H,4-6,11-12,14H2,1-3H3,(H,22,25)(H,23,24). The Morgan fingerprint density at radius 2 is 1.92 bits per heavy atom. The monoisotopic (exact) mass is 356 g/mol. The molecule has 26 heavy (non-hydrogen) atoms. The number of carbonyl (C=O) groups excluding carboxylic acids is 2. The lowest BCUT2D eigenvalue weighted by molar-refractivity contribution is -0.120. The van der Waals surface area contributed by atoms with Crippen LogP contribution in [0.15, 0.2) is 24.3 Å². The van der Waals surface area contributed by atoms with Gasteiger partial charge in [0, 0.05) is 17.2 Å². The van der Waals surface area contributed by atoms with Gasteiger partial charge >= 0.3 is 6.09 Å². The second kappa shape index (κ2) is 9.28. The van der Waals surface area contributed by atoms with Gasteiger partial charge in [-0.15, -0.1) is 0 Å². The largest absolute Gasteiger partial charge is 0.444 e. The lowest BCUT2D eigenvalue weighted by Gasteiger charge is -2.20. The lowest BCUT2D eigenvalue weighted by atomic mass is 9.88.